The van der Waals surface area contributed by atoms with Crippen molar-refractivity contribution in [3.8, 4) is 11.4 Å². The Hall–Kier alpha value is -3.63. The van der Waals surface area contributed by atoms with E-state index in [4.69, 9.17) is 5.73 Å². The number of nitrogens with two attached hydrogens (primary N) is 1. The van der Waals surface area contributed by atoms with E-state index in [-0.39, 0.29) is 13.2 Å². The van der Waals surface area contributed by atoms with E-state index in [2.05, 4.69) is 25.5 Å². The molecule has 2 aromatic carbocycles. The van der Waals surface area contributed by atoms with Gasteiger partial charge in [-0.25, -0.2) is 4.79 Å². The number of hydrogen-bond acceptors (Lipinski definition) is 6. The van der Waals surface area contributed by atoms with Gasteiger partial charge < -0.3 is 15.8 Å². The third kappa shape index (κ3) is 4.75. The van der Waals surface area contributed by atoms with Crippen LogP contribution in [0.25, 0.3) is 11.4 Å². The molecule has 146 valence electrons. The molecule has 0 aliphatic heterocycles. The number of tetrazole rings is 1. The zero-order valence-electron chi connectivity index (χ0n) is 14.3. The third-order valence-corrected chi connectivity index (χ3v) is 3.65. The molecule has 28 heavy (non-hydrogen) atoms. The Bertz CT molecular complexity index is 956. The smallest absolute Gasteiger partial charge is 0.416 e. The van der Waals surface area contributed by atoms with Crippen LogP contribution in [0.15, 0.2) is 48.5 Å². The molecule has 1 aromatic heterocycles. The minimum atomic E-state index is -4.39. The highest BCUT2D eigenvalue weighted by atomic mass is 19.4. The van der Waals surface area contributed by atoms with Gasteiger partial charge in [0.25, 0.3) is 0 Å². The first-order chi connectivity index (χ1) is 13.3. The number of anilines is 2. The number of nitrogens with one attached hydrogen (secondary N) is 1. The summed E-state index contributed by atoms with van der Waals surface area (Å²) in [6, 6.07) is 11.7. The van der Waals surface area contributed by atoms with Crippen molar-refractivity contribution in [2.75, 3.05) is 11.9 Å². The molecule has 1 heterocycles. The minimum absolute atomic E-state index is 0.00339. The summed E-state index contributed by atoms with van der Waals surface area (Å²) < 4.78 is 42.7. The Morgan fingerprint density at radius 3 is 2.54 bits per heavy atom. The molecule has 0 fully saturated rings. The van der Waals surface area contributed by atoms with Crippen molar-refractivity contribution in [2.45, 2.75) is 12.7 Å². The summed E-state index contributed by atoms with van der Waals surface area (Å²) in [6.45, 7) is 0.168. The first-order valence-electron chi connectivity index (χ1n) is 8.06. The Balaban J connectivity index is 1.76. The summed E-state index contributed by atoms with van der Waals surface area (Å²) in [7, 11) is 0. The number of para-hydroxylation sites is 1. The van der Waals surface area contributed by atoms with Gasteiger partial charge in [-0.3, -0.25) is 0 Å². The van der Waals surface area contributed by atoms with E-state index in [0.29, 0.717) is 22.8 Å². The number of nitrogens with zero attached hydrogens (tertiary/aromatic N) is 4. The van der Waals surface area contributed by atoms with Gasteiger partial charge >= 0.3 is 12.3 Å². The summed E-state index contributed by atoms with van der Waals surface area (Å²) in [4.78, 5) is 11.8. The number of carbonyl (C=O) groups excluding carboxylic acids is 1. The number of rotatable bonds is 6. The number of carbonyl (C=O) groups is 1. The number of alkyl halides is 3. The van der Waals surface area contributed by atoms with E-state index >= 15 is 0 Å². The molecule has 8 nitrogen and oxygen atoms in total. The summed E-state index contributed by atoms with van der Waals surface area (Å²) in [5.74, 6) is 0.300. The number of hydrogen-bond donors (Lipinski definition) is 2. The fraction of sp³-hybridized carbons (Fsp3) is 0.176. The van der Waals surface area contributed by atoms with Crippen LogP contribution in [0.5, 0.6) is 0 Å². The van der Waals surface area contributed by atoms with Crippen LogP contribution >= 0.6 is 0 Å². The van der Waals surface area contributed by atoms with Crippen LogP contribution < -0.4 is 11.1 Å². The van der Waals surface area contributed by atoms with Crippen molar-refractivity contribution < 1.29 is 22.7 Å². The molecule has 3 aromatic rings. The molecule has 0 atom stereocenters. The predicted octanol–water partition coefficient (Wildman–Crippen LogP) is 3.20. The predicted molar refractivity (Wildman–Crippen MR) is 93.5 cm³/mol. The molecule has 3 N–H and O–H groups in total. The van der Waals surface area contributed by atoms with Gasteiger partial charge in [-0.05, 0) is 41.6 Å². The van der Waals surface area contributed by atoms with Crippen molar-refractivity contribution in [1.82, 2.24) is 20.2 Å². The lowest BCUT2D eigenvalue weighted by atomic mass is 10.1. The molecule has 0 spiro atoms. The van der Waals surface area contributed by atoms with Gasteiger partial charge in [0.15, 0.2) is 0 Å². The van der Waals surface area contributed by atoms with Crippen LogP contribution in [0.2, 0.25) is 0 Å². The zero-order chi connectivity index (χ0) is 20.1. The second-order valence-electron chi connectivity index (χ2n) is 5.62. The largest absolute Gasteiger partial charge is 0.448 e. The van der Waals surface area contributed by atoms with Gasteiger partial charge in [0.05, 0.1) is 12.1 Å². The highest BCUT2D eigenvalue weighted by molar-refractivity contribution is 5.77. The number of ether oxygens (including phenoxy) is 1. The van der Waals surface area contributed by atoms with E-state index in [1.807, 2.05) is 0 Å². The Morgan fingerprint density at radius 1 is 1.14 bits per heavy atom. The Kier molecular flexibility index (Phi) is 5.43. The van der Waals surface area contributed by atoms with Gasteiger partial charge in [-0.1, -0.05) is 12.1 Å². The molecular formula is C17H15F3N6O2. The summed E-state index contributed by atoms with van der Waals surface area (Å²) >= 11 is 0. The van der Waals surface area contributed by atoms with Crippen LogP contribution in [0.4, 0.5) is 29.3 Å². The first-order valence-corrected chi connectivity index (χ1v) is 8.06. The van der Waals surface area contributed by atoms with Gasteiger partial charge in [-0.2, -0.15) is 18.0 Å². The fourth-order valence-corrected chi connectivity index (χ4v) is 2.36. The molecule has 0 aliphatic rings. The molecule has 11 heteroatoms. The van der Waals surface area contributed by atoms with E-state index in [9.17, 15) is 18.0 Å². The number of halogens is 3. The molecule has 0 bridgehead atoms. The standard InChI is InChI=1S/C17H15F3N6O2/c18-17(19,20)11-5-7-12(8-6-11)22-14-4-2-1-3-13(14)15-23-25-26(24-15)9-10-28-16(21)27/h1-8,22H,9-10H2,(H2,21,27). The van der Waals surface area contributed by atoms with Crippen molar-refractivity contribution in [3.63, 3.8) is 0 Å². The number of primary amides is 1. The molecular weight excluding hydrogens is 377 g/mol. The number of amides is 1. The first kappa shape index (κ1) is 19.1. The summed E-state index contributed by atoms with van der Waals surface area (Å²) in [5.41, 5.74) is 5.82. The van der Waals surface area contributed by atoms with Gasteiger partial charge in [0, 0.05) is 16.9 Å². The zero-order valence-corrected chi connectivity index (χ0v) is 14.3. The van der Waals surface area contributed by atoms with Crippen LogP contribution in [0, 0.1) is 0 Å². The maximum absolute atomic E-state index is 12.7. The Labute approximate surface area is 157 Å². The second-order valence-corrected chi connectivity index (χ2v) is 5.62. The van der Waals surface area contributed by atoms with Crippen molar-refractivity contribution in [2.24, 2.45) is 5.73 Å². The van der Waals surface area contributed by atoms with Gasteiger partial charge in [-0.15, -0.1) is 10.2 Å². The van der Waals surface area contributed by atoms with E-state index < -0.39 is 17.8 Å². The quantitative estimate of drug-likeness (QED) is 0.667. The molecule has 3 rings (SSSR count). The number of aromatic nitrogens is 4. The lowest BCUT2D eigenvalue weighted by molar-refractivity contribution is -0.137. The lowest BCUT2D eigenvalue weighted by Crippen LogP contribution is -2.17. The maximum Gasteiger partial charge on any atom is 0.416 e. The highest BCUT2D eigenvalue weighted by Gasteiger charge is 2.29. The molecule has 0 saturated heterocycles. The van der Waals surface area contributed by atoms with Gasteiger partial charge in [0.1, 0.15) is 6.61 Å². The molecule has 0 radical (unpaired) electrons. The van der Waals surface area contributed by atoms with Crippen LogP contribution in [0.1, 0.15) is 5.56 Å². The SMILES string of the molecule is NC(=O)OCCn1nnc(-c2ccccc2Nc2ccc(C(F)(F)F)cc2)n1. The van der Waals surface area contributed by atoms with E-state index in [1.54, 1.807) is 24.3 Å². The van der Waals surface area contributed by atoms with Crippen LogP contribution in [0.3, 0.4) is 0 Å². The van der Waals surface area contributed by atoms with E-state index in [1.165, 1.54) is 16.9 Å². The molecule has 0 unspecified atom stereocenters. The third-order valence-electron chi connectivity index (χ3n) is 3.65. The monoisotopic (exact) mass is 392 g/mol. The molecule has 0 aliphatic carbocycles. The topological polar surface area (TPSA) is 108 Å². The number of benzene rings is 2. The van der Waals surface area contributed by atoms with Gasteiger partial charge in [0.2, 0.25) is 5.82 Å². The molecule has 0 saturated carbocycles. The van der Waals surface area contributed by atoms with Crippen molar-refractivity contribution in [1.29, 1.82) is 0 Å². The van der Waals surface area contributed by atoms with Crippen molar-refractivity contribution >= 4 is 17.5 Å². The lowest BCUT2D eigenvalue weighted by Gasteiger charge is -2.11. The van der Waals surface area contributed by atoms with Crippen molar-refractivity contribution in [3.05, 3.63) is 54.1 Å². The Morgan fingerprint density at radius 2 is 1.86 bits per heavy atom. The minimum Gasteiger partial charge on any atom is -0.448 e. The normalized spacial score (nSPS) is 11.2. The molecule has 1 amide bonds. The average molecular weight is 392 g/mol. The van der Waals surface area contributed by atoms with Crippen LogP contribution in [-0.4, -0.2) is 32.9 Å². The summed E-state index contributed by atoms with van der Waals surface area (Å²) in [5, 5.41) is 15.1. The fourth-order valence-electron chi connectivity index (χ4n) is 2.36. The highest BCUT2D eigenvalue weighted by Crippen LogP contribution is 2.32. The second kappa shape index (κ2) is 7.94. The average Bonchev–Trinajstić information content (AvgIpc) is 3.10. The summed E-state index contributed by atoms with van der Waals surface area (Å²) in [6.07, 6.45) is -5.29. The van der Waals surface area contributed by atoms with Crippen LogP contribution in [-0.2, 0) is 17.5 Å². The maximum atomic E-state index is 12.7. The van der Waals surface area contributed by atoms with E-state index in [0.717, 1.165) is 12.1 Å².